The van der Waals surface area contributed by atoms with Crippen molar-refractivity contribution in [1.82, 2.24) is 4.98 Å². The highest BCUT2D eigenvalue weighted by molar-refractivity contribution is 5.38. The van der Waals surface area contributed by atoms with E-state index in [0.717, 1.165) is 11.7 Å². The number of aromatic nitrogens is 1. The monoisotopic (exact) mass is 176 g/mol. The Balaban J connectivity index is 1.92. The quantitative estimate of drug-likeness (QED) is 0.765. The SMILES string of the molecule is CCC1CC1Nc1ccc(C)cn1. The Labute approximate surface area is 79.4 Å². The van der Waals surface area contributed by atoms with Crippen molar-refractivity contribution in [2.75, 3.05) is 5.32 Å². The fourth-order valence-corrected chi connectivity index (χ4v) is 1.62. The fourth-order valence-electron chi connectivity index (χ4n) is 1.62. The summed E-state index contributed by atoms with van der Waals surface area (Å²) >= 11 is 0. The lowest BCUT2D eigenvalue weighted by Crippen LogP contribution is -2.05. The Morgan fingerprint density at radius 2 is 2.38 bits per heavy atom. The topological polar surface area (TPSA) is 24.9 Å². The number of rotatable bonds is 3. The number of hydrogen-bond acceptors (Lipinski definition) is 2. The van der Waals surface area contributed by atoms with Crippen LogP contribution in [0, 0.1) is 12.8 Å². The van der Waals surface area contributed by atoms with Crippen LogP contribution in [0.4, 0.5) is 5.82 Å². The third-order valence-corrected chi connectivity index (χ3v) is 2.69. The number of aryl methyl sites for hydroxylation is 1. The second kappa shape index (κ2) is 3.36. The van der Waals surface area contributed by atoms with Crippen molar-refractivity contribution in [1.29, 1.82) is 0 Å². The predicted octanol–water partition coefficient (Wildman–Crippen LogP) is 2.60. The molecule has 0 aliphatic heterocycles. The van der Waals surface area contributed by atoms with E-state index in [1.807, 2.05) is 6.20 Å². The zero-order valence-electron chi connectivity index (χ0n) is 8.25. The van der Waals surface area contributed by atoms with Crippen LogP contribution in [0.3, 0.4) is 0 Å². The normalized spacial score (nSPS) is 25.7. The number of anilines is 1. The predicted molar refractivity (Wildman–Crippen MR) is 54.8 cm³/mol. The molecule has 13 heavy (non-hydrogen) atoms. The summed E-state index contributed by atoms with van der Waals surface area (Å²) in [7, 11) is 0. The van der Waals surface area contributed by atoms with E-state index in [-0.39, 0.29) is 0 Å². The van der Waals surface area contributed by atoms with Gasteiger partial charge in [0.15, 0.2) is 0 Å². The fraction of sp³-hybridized carbons (Fsp3) is 0.545. The van der Waals surface area contributed by atoms with E-state index in [1.165, 1.54) is 18.4 Å². The van der Waals surface area contributed by atoms with Gasteiger partial charge in [-0.25, -0.2) is 4.98 Å². The summed E-state index contributed by atoms with van der Waals surface area (Å²) in [4.78, 5) is 4.32. The van der Waals surface area contributed by atoms with Crippen molar-refractivity contribution in [2.45, 2.75) is 32.7 Å². The average molecular weight is 176 g/mol. The third kappa shape index (κ3) is 2.00. The van der Waals surface area contributed by atoms with Crippen LogP contribution in [-0.2, 0) is 0 Å². The van der Waals surface area contributed by atoms with Crippen molar-refractivity contribution in [3.8, 4) is 0 Å². The van der Waals surface area contributed by atoms with Gasteiger partial charge in [-0.15, -0.1) is 0 Å². The molecule has 0 saturated heterocycles. The molecule has 0 bridgehead atoms. The van der Waals surface area contributed by atoms with Crippen LogP contribution in [-0.4, -0.2) is 11.0 Å². The first kappa shape index (κ1) is 8.54. The molecule has 1 heterocycles. The second-order valence-corrected chi connectivity index (χ2v) is 3.88. The molecular formula is C11H16N2. The third-order valence-electron chi connectivity index (χ3n) is 2.69. The van der Waals surface area contributed by atoms with Gasteiger partial charge in [-0.05, 0) is 30.9 Å². The largest absolute Gasteiger partial charge is 0.367 e. The molecule has 0 radical (unpaired) electrons. The minimum absolute atomic E-state index is 0.681. The van der Waals surface area contributed by atoms with E-state index in [0.29, 0.717) is 6.04 Å². The van der Waals surface area contributed by atoms with Gasteiger partial charge in [-0.1, -0.05) is 19.4 Å². The van der Waals surface area contributed by atoms with Crippen LogP contribution in [0.5, 0.6) is 0 Å². The van der Waals surface area contributed by atoms with Crippen LogP contribution in [0.1, 0.15) is 25.3 Å². The molecule has 70 valence electrons. The Bertz CT molecular complexity index is 279. The van der Waals surface area contributed by atoms with Gasteiger partial charge >= 0.3 is 0 Å². The summed E-state index contributed by atoms with van der Waals surface area (Å²) in [5.74, 6) is 1.90. The van der Waals surface area contributed by atoms with Gasteiger partial charge in [-0.2, -0.15) is 0 Å². The number of pyridine rings is 1. The molecule has 0 spiro atoms. The van der Waals surface area contributed by atoms with Crippen LogP contribution in [0.2, 0.25) is 0 Å². The molecule has 2 unspecified atom stereocenters. The molecule has 2 heteroatoms. The maximum Gasteiger partial charge on any atom is 0.126 e. The van der Waals surface area contributed by atoms with Gasteiger partial charge in [0.25, 0.3) is 0 Å². The van der Waals surface area contributed by atoms with Crippen molar-refractivity contribution in [2.24, 2.45) is 5.92 Å². The zero-order valence-corrected chi connectivity index (χ0v) is 8.25. The van der Waals surface area contributed by atoms with Crippen molar-refractivity contribution < 1.29 is 0 Å². The standard InChI is InChI=1S/C11H16N2/c1-3-9-6-10(9)13-11-5-4-8(2)7-12-11/h4-5,7,9-10H,3,6H2,1-2H3,(H,12,13). The maximum atomic E-state index is 4.32. The molecule has 1 saturated carbocycles. The summed E-state index contributed by atoms with van der Waals surface area (Å²) in [5, 5.41) is 3.43. The van der Waals surface area contributed by atoms with E-state index >= 15 is 0 Å². The number of hydrogen-bond donors (Lipinski definition) is 1. The Kier molecular flexibility index (Phi) is 2.21. The molecule has 0 aromatic carbocycles. The molecule has 1 fully saturated rings. The molecule has 2 atom stereocenters. The number of nitrogens with zero attached hydrogens (tertiary/aromatic N) is 1. The van der Waals surface area contributed by atoms with Gasteiger partial charge in [0, 0.05) is 12.2 Å². The molecule has 1 aromatic heterocycles. The molecule has 1 aliphatic carbocycles. The molecule has 2 rings (SSSR count). The number of nitrogens with one attached hydrogen (secondary N) is 1. The summed E-state index contributed by atoms with van der Waals surface area (Å²) in [6, 6.07) is 4.83. The minimum Gasteiger partial charge on any atom is -0.367 e. The van der Waals surface area contributed by atoms with Crippen molar-refractivity contribution >= 4 is 5.82 Å². The van der Waals surface area contributed by atoms with Crippen LogP contribution < -0.4 is 5.32 Å². The van der Waals surface area contributed by atoms with Crippen LogP contribution in [0.25, 0.3) is 0 Å². The average Bonchev–Trinajstić information content (AvgIpc) is 2.88. The minimum atomic E-state index is 0.681. The first-order valence-electron chi connectivity index (χ1n) is 4.99. The Morgan fingerprint density at radius 3 is 2.92 bits per heavy atom. The van der Waals surface area contributed by atoms with E-state index in [9.17, 15) is 0 Å². The summed E-state index contributed by atoms with van der Waals surface area (Å²) < 4.78 is 0. The van der Waals surface area contributed by atoms with Crippen molar-refractivity contribution in [3.05, 3.63) is 23.9 Å². The highest BCUT2D eigenvalue weighted by atomic mass is 15.0. The zero-order chi connectivity index (χ0) is 9.26. The molecule has 1 aliphatic rings. The van der Waals surface area contributed by atoms with E-state index in [4.69, 9.17) is 0 Å². The molecule has 1 N–H and O–H groups in total. The van der Waals surface area contributed by atoms with E-state index in [2.05, 4.69) is 36.3 Å². The molecule has 1 aromatic rings. The first-order chi connectivity index (χ1) is 6.29. The van der Waals surface area contributed by atoms with Gasteiger partial charge < -0.3 is 5.32 Å². The lowest BCUT2D eigenvalue weighted by atomic mass is 10.3. The maximum absolute atomic E-state index is 4.32. The van der Waals surface area contributed by atoms with Crippen molar-refractivity contribution in [3.63, 3.8) is 0 Å². The van der Waals surface area contributed by atoms with Crippen LogP contribution in [0.15, 0.2) is 18.3 Å². The first-order valence-corrected chi connectivity index (χ1v) is 4.99. The summed E-state index contributed by atoms with van der Waals surface area (Å²) in [5.41, 5.74) is 1.22. The summed E-state index contributed by atoms with van der Waals surface area (Å²) in [6.45, 7) is 4.30. The highest BCUT2D eigenvalue weighted by Crippen LogP contribution is 2.35. The van der Waals surface area contributed by atoms with Gasteiger partial charge in [0.05, 0.1) is 0 Å². The molecule has 2 nitrogen and oxygen atoms in total. The van der Waals surface area contributed by atoms with E-state index in [1.54, 1.807) is 0 Å². The molecule has 0 amide bonds. The molecular weight excluding hydrogens is 160 g/mol. The van der Waals surface area contributed by atoms with Crippen LogP contribution >= 0.6 is 0 Å². The van der Waals surface area contributed by atoms with Gasteiger partial charge in [-0.3, -0.25) is 0 Å². The smallest absolute Gasteiger partial charge is 0.126 e. The lowest BCUT2D eigenvalue weighted by molar-refractivity contribution is 0.773. The second-order valence-electron chi connectivity index (χ2n) is 3.88. The Morgan fingerprint density at radius 1 is 1.54 bits per heavy atom. The lowest BCUT2D eigenvalue weighted by Gasteiger charge is -2.03. The highest BCUT2D eigenvalue weighted by Gasteiger charge is 2.35. The van der Waals surface area contributed by atoms with Gasteiger partial charge in [0.1, 0.15) is 5.82 Å². The Hall–Kier alpha value is -1.05. The van der Waals surface area contributed by atoms with Gasteiger partial charge in [0.2, 0.25) is 0 Å². The summed E-state index contributed by atoms with van der Waals surface area (Å²) in [6.07, 6.45) is 4.50. The van der Waals surface area contributed by atoms with E-state index < -0.39 is 0 Å².